The van der Waals surface area contributed by atoms with Gasteiger partial charge in [-0.25, -0.2) is 4.39 Å². The number of likely N-dealkylation sites (N-methyl/N-ethyl adjacent to an activating group) is 1. The standard InChI is InChI=1S/C24H30FN3O3/c1-27(2)13-14-28(17-18-5-8-20(25)9-6-18)24(30)4-3-15-31-21-10-11-22-19(16-21)7-12-23(29)26-22/h5-6,8-11,16H,3-4,7,12-15,17H2,1-2H3,(H,26,29). The first kappa shape index (κ1) is 22.7. The summed E-state index contributed by atoms with van der Waals surface area (Å²) >= 11 is 0. The second-order valence-electron chi connectivity index (χ2n) is 8.06. The van der Waals surface area contributed by atoms with E-state index in [2.05, 4.69) is 5.32 Å². The zero-order chi connectivity index (χ0) is 22.2. The van der Waals surface area contributed by atoms with Gasteiger partial charge in [-0.2, -0.15) is 0 Å². The number of halogens is 1. The van der Waals surface area contributed by atoms with Crippen molar-refractivity contribution >= 4 is 17.5 Å². The van der Waals surface area contributed by atoms with Crippen molar-refractivity contribution in [1.82, 2.24) is 9.80 Å². The van der Waals surface area contributed by atoms with Crippen LogP contribution in [0.1, 0.15) is 30.4 Å². The molecule has 0 saturated heterocycles. The van der Waals surface area contributed by atoms with Crippen LogP contribution in [0.15, 0.2) is 42.5 Å². The molecule has 0 spiro atoms. The Balaban J connectivity index is 1.49. The molecule has 2 aromatic rings. The number of ether oxygens (including phenoxy) is 1. The summed E-state index contributed by atoms with van der Waals surface area (Å²) in [5.41, 5.74) is 2.82. The second kappa shape index (κ2) is 10.9. The number of hydrogen-bond donors (Lipinski definition) is 1. The van der Waals surface area contributed by atoms with Crippen molar-refractivity contribution < 1.29 is 18.7 Å². The third-order valence-corrected chi connectivity index (χ3v) is 5.23. The average Bonchev–Trinajstić information content (AvgIpc) is 2.75. The van der Waals surface area contributed by atoms with E-state index < -0.39 is 0 Å². The van der Waals surface area contributed by atoms with Crippen LogP contribution in [-0.4, -0.2) is 55.4 Å². The van der Waals surface area contributed by atoms with E-state index in [1.54, 1.807) is 12.1 Å². The molecule has 0 radical (unpaired) electrons. The zero-order valence-electron chi connectivity index (χ0n) is 18.2. The number of carbonyl (C=O) groups is 2. The minimum absolute atomic E-state index is 0.0409. The first-order chi connectivity index (χ1) is 14.9. The van der Waals surface area contributed by atoms with Gasteiger partial charge in [0.05, 0.1) is 6.61 Å². The third kappa shape index (κ3) is 7.07. The van der Waals surface area contributed by atoms with Crippen LogP contribution < -0.4 is 10.1 Å². The lowest BCUT2D eigenvalue weighted by atomic mass is 10.0. The molecule has 6 nitrogen and oxygen atoms in total. The van der Waals surface area contributed by atoms with E-state index >= 15 is 0 Å². The van der Waals surface area contributed by atoms with Crippen LogP contribution in [0.4, 0.5) is 10.1 Å². The van der Waals surface area contributed by atoms with E-state index in [9.17, 15) is 14.0 Å². The summed E-state index contributed by atoms with van der Waals surface area (Å²) in [4.78, 5) is 28.1. The molecule has 1 N–H and O–H groups in total. The molecule has 2 aromatic carbocycles. The van der Waals surface area contributed by atoms with Gasteiger partial charge >= 0.3 is 0 Å². The topological polar surface area (TPSA) is 61.9 Å². The lowest BCUT2D eigenvalue weighted by Crippen LogP contribution is -2.36. The maximum Gasteiger partial charge on any atom is 0.224 e. The molecular formula is C24H30FN3O3. The van der Waals surface area contributed by atoms with Gasteiger partial charge in [-0.15, -0.1) is 0 Å². The first-order valence-corrected chi connectivity index (χ1v) is 10.6. The molecule has 2 amide bonds. The smallest absolute Gasteiger partial charge is 0.224 e. The molecule has 0 aliphatic carbocycles. The maximum atomic E-state index is 13.2. The van der Waals surface area contributed by atoms with Crippen molar-refractivity contribution in [3.63, 3.8) is 0 Å². The van der Waals surface area contributed by atoms with Crippen LogP contribution in [0.2, 0.25) is 0 Å². The quantitative estimate of drug-likeness (QED) is 0.590. The highest BCUT2D eigenvalue weighted by molar-refractivity contribution is 5.94. The Kier molecular flexibility index (Phi) is 8.00. The molecule has 166 valence electrons. The molecule has 7 heteroatoms. The molecule has 0 bridgehead atoms. The summed E-state index contributed by atoms with van der Waals surface area (Å²) in [6.45, 7) is 2.27. The fraction of sp³-hybridized carbons (Fsp3) is 0.417. The van der Waals surface area contributed by atoms with Crippen molar-refractivity contribution in [3.05, 3.63) is 59.4 Å². The SMILES string of the molecule is CN(C)CCN(Cc1ccc(F)cc1)C(=O)CCCOc1ccc2c(c1)CCC(=O)N2. The fourth-order valence-electron chi connectivity index (χ4n) is 3.44. The Morgan fingerprint density at radius 1 is 1.10 bits per heavy atom. The van der Waals surface area contributed by atoms with E-state index in [4.69, 9.17) is 4.74 Å². The first-order valence-electron chi connectivity index (χ1n) is 10.6. The number of amides is 2. The molecular weight excluding hydrogens is 397 g/mol. The highest BCUT2D eigenvalue weighted by atomic mass is 19.1. The predicted octanol–water partition coefficient (Wildman–Crippen LogP) is 3.46. The van der Waals surface area contributed by atoms with E-state index in [1.165, 1.54) is 12.1 Å². The van der Waals surface area contributed by atoms with Crippen LogP contribution in [0, 0.1) is 5.82 Å². The van der Waals surface area contributed by atoms with Gasteiger partial charge in [-0.1, -0.05) is 12.1 Å². The lowest BCUT2D eigenvalue weighted by molar-refractivity contribution is -0.132. The number of carbonyl (C=O) groups excluding carboxylic acids is 2. The molecule has 1 aliphatic rings. The number of aryl methyl sites for hydroxylation is 1. The monoisotopic (exact) mass is 427 g/mol. The van der Waals surface area contributed by atoms with Crippen LogP contribution in [0.3, 0.4) is 0 Å². The molecule has 1 heterocycles. The Morgan fingerprint density at radius 2 is 1.87 bits per heavy atom. The van der Waals surface area contributed by atoms with Gasteiger partial charge in [0.2, 0.25) is 11.8 Å². The Hall–Kier alpha value is -2.93. The summed E-state index contributed by atoms with van der Waals surface area (Å²) in [5.74, 6) is 0.566. The highest BCUT2D eigenvalue weighted by Crippen LogP contribution is 2.26. The molecule has 0 unspecified atom stereocenters. The second-order valence-corrected chi connectivity index (χ2v) is 8.06. The van der Waals surface area contributed by atoms with Gasteiger partial charge in [0, 0.05) is 38.2 Å². The van der Waals surface area contributed by atoms with Gasteiger partial charge < -0.3 is 19.9 Å². The van der Waals surface area contributed by atoms with E-state index in [-0.39, 0.29) is 17.6 Å². The van der Waals surface area contributed by atoms with Gasteiger partial charge in [0.25, 0.3) is 0 Å². The molecule has 1 aliphatic heterocycles. The maximum absolute atomic E-state index is 13.2. The van der Waals surface area contributed by atoms with Crippen molar-refractivity contribution in [2.75, 3.05) is 39.1 Å². The van der Waals surface area contributed by atoms with Crippen LogP contribution >= 0.6 is 0 Å². The number of nitrogens with one attached hydrogen (secondary N) is 1. The van der Waals surface area contributed by atoms with Crippen molar-refractivity contribution in [3.8, 4) is 5.75 Å². The number of fused-ring (bicyclic) bond motifs is 1. The summed E-state index contributed by atoms with van der Waals surface area (Å²) in [6.07, 6.45) is 2.19. The van der Waals surface area contributed by atoms with Gasteiger partial charge in [-0.3, -0.25) is 9.59 Å². The van der Waals surface area contributed by atoms with Gasteiger partial charge in [-0.05, 0) is 68.4 Å². The summed E-state index contributed by atoms with van der Waals surface area (Å²) in [7, 11) is 3.94. The fourth-order valence-corrected chi connectivity index (χ4v) is 3.44. The normalized spacial score (nSPS) is 13.0. The minimum Gasteiger partial charge on any atom is -0.494 e. The zero-order valence-corrected chi connectivity index (χ0v) is 18.2. The number of hydrogen-bond acceptors (Lipinski definition) is 4. The average molecular weight is 428 g/mol. The largest absolute Gasteiger partial charge is 0.494 e. The van der Waals surface area contributed by atoms with Crippen molar-refractivity contribution in [2.45, 2.75) is 32.2 Å². The van der Waals surface area contributed by atoms with E-state index in [1.807, 2.05) is 42.1 Å². The molecule has 0 atom stereocenters. The molecule has 31 heavy (non-hydrogen) atoms. The van der Waals surface area contributed by atoms with E-state index in [0.29, 0.717) is 45.4 Å². The third-order valence-electron chi connectivity index (χ3n) is 5.23. The summed E-state index contributed by atoms with van der Waals surface area (Å²) < 4.78 is 19.0. The molecule has 0 fully saturated rings. The van der Waals surface area contributed by atoms with Crippen LogP contribution in [0.25, 0.3) is 0 Å². The molecule has 0 aromatic heterocycles. The number of rotatable bonds is 10. The Morgan fingerprint density at radius 3 is 2.61 bits per heavy atom. The summed E-state index contributed by atoms with van der Waals surface area (Å²) in [6, 6.07) is 11.9. The van der Waals surface area contributed by atoms with Crippen LogP contribution in [0.5, 0.6) is 5.75 Å². The number of anilines is 1. The minimum atomic E-state index is -0.281. The molecule has 3 rings (SSSR count). The van der Waals surface area contributed by atoms with E-state index in [0.717, 1.165) is 29.1 Å². The highest BCUT2D eigenvalue weighted by Gasteiger charge is 2.16. The summed E-state index contributed by atoms with van der Waals surface area (Å²) in [5, 5.41) is 2.86. The van der Waals surface area contributed by atoms with Gasteiger partial charge in [0.15, 0.2) is 0 Å². The molecule has 0 saturated carbocycles. The predicted molar refractivity (Wildman–Crippen MR) is 118 cm³/mol. The number of benzene rings is 2. The van der Waals surface area contributed by atoms with Crippen LogP contribution in [-0.2, 0) is 22.6 Å². The lowest BCUT2D eigenvalue weighted by Gasteiger charge is -2.25. The Bertz CT molecular complexity index is 899. The van der Waals surface area contributed by atoms with Crippen molar-refractivity contribution in [2.24, 2.45) is 0 Å². The van der Waals surface area contributed by atoms with Gasteiger partial charge in [0.1, 0.15) is 11.6 Å². The van der Waals surface area contributed by atoms with Crippen molar-refractivity contribution in [1.29, 1.82) is 0 Å². The number of nitrogens with zero attached hydrogens (tertiary/aromatic N) is 2. The Labute approximate surface area is 183 Å².